The van der Waals surface area contributed by atoms with E-state index in [0.717, 1.165) is 13.1 Å². The third kappa shape index (κ3) is 2.71. The first-order chi connectivity index (χ1) is 9.34. The van der Waals surface area contributed by atoms with Crippen LogP contribution < -0.4 is 5.32 Å². The van der Waals surface area contributed by atoms with E-state index >= 15 is 0 Å². The summed E-state index contributed by atoms with van der Waals surface area (Å²) in [6, 6.07) is 9.19. The van der Waals surface area contributed by atoms with Crippen LogP contribution in [-0.2, 0) is 0 Å². The lowest BCUT2D eigenvalue weighted by atomic mass is 10.1. The fourth-order valence-corrected chi connectivity index (χ4v) is 2.86. The molecule has 0 bridgehead atoms. The van der Waals surface area contributed by atoms with E-state index in [1.165, 1.54) is 36.1 Å². The number of hydrogen-bond donors (Lipinski definition) is 1. The standard InChI is InChI=1S/C16H21N3/c1-13-5-4-6-14(9-13)16-11-18-12-19(16)15-7-2-3-8-17-10-15/h4-6,9,11-12,15,17H,2-3,7-8,10H2,1H3. The zero-order valence-electron chi connectivity index (χ0n) is 11.5. The molecule has 1 atom stereocenters. The van der Waals surface area contributed by atoms with Crippen LogP contribution in [0, 0.1) is 6.92 Å². The van der Waals surface area contributed by atoms with Gasteiger partial charge in [-0.2, -0.15) is 0 Å². The molecule has 100 valence electrons. The monoisotopic (exact) mass is 255 g/mol. The van der Waals surface area contributed by atoms with Crippen LogP contribution in [0.15, 0.2) is 36.8 Å². The third-order valence-corrected chi connectivity index (χ3v) is 3.89. The first-order valence-corrected chi connectivity index (χ1v) is 7.14. The Morgan fingerprint density at radius 2 is 2.26 bits per heavy atom. The largest absolute Gasteiger partial charge is 0.326 e. The van der Waals surface area contributed by atoms with Gasteiger partial charge in [0, 0.05) is 18.2 Å². The Labute approximate surface area is 114 Å². The van der Waals surface area contributed by atoms with E-state index in [4.69, 9.17) is 0 Å². The van der Waals surface area contributed by atoms with E-state index in [9.17, 15) is 0 Å². The van der Waals surface area contributed by atoms with Crippen molar-refractivity contribution in [2.45, 2.75) is 32.2 Å². The number of aryl methyl sites for hydroxylation is 1. The van der Waals surface area contributed by atoms with Crippen molar-refractivity contribution in [2.24, 2.45) is 0 Å². The van der Waals surface area contributed by atoms with Crippen molar-refractivity contribution >= 4 is 0 Å². The lowest BCUT2D eigenvalue weighted by Crippen LogP contribution is -2.23. The second kappa shape index (κ2) is 5.57. The Bertz CT molecular complexity index is 536. The van der Waals surface area contributed by atoms with Crippen LogP contribution in [0.25, 0.3) is 11.3 Å². The number of aromatic nitrogens is 2. The van der Waals surface area contributed by atoms with Gasteiger partial charge in [0.25, 0.3) is 0 Å². The fourth-order valence-electron chi connectivity index (χ4n) is 2.86. The summed E-state index contributed by atoms with van der Waals surface area (Å²) in [6.07, 6.45) is 7.78. The normalized spacial score (nSPS) is 20.2. The summed E-state index contributed by atoms with van der Waals surface area (Å²) >= 11 is 0. The molecular weight excluding hydrogens is 234 g/mol. The van der Waals surface area contributed by atoms with E-state index in [1.54, 1.807) is 0 Å². The highest BCUT2D eigenvalue weighted by Gasteiger charge is 2.16. The van der Waals surface area contributed by atoms with Crippen molar-refractivity contribution in [3.8, 4) is 11.3 Å². The topological polar surface area (TPSA) is 29.9 Å². The summed E-state index contributed by atoms with van der Waals surface area (Å²) in [5, 5.41) is 3.53. The molecule has 1 aliphatic heterocycles. The zero-order valence-corrected chi connectivity index (χ0v) is 11.5. The van der Waals surface area contributed by atoms with Gasteiger partial charge in [0.1, 0.15) is 0 Å². The van der Waals surface area contributed by atoms with Crippen LogP contribution in [0.4, 0.5) is 0 Å². The Morgan fingerprint density at radius 3 is 3.16 bits per heavy atom. The van der Waals surface area contributed by atoms with E-state index in [0.29, 0.717) is 6.04 Å². The Balaban J connectivity index is 1.93. The molecule has 0 spiro atoms. The van der Waals surface area contributed by atoms with Gasteiger partial charge in [-0.1, -0.05) is 30.2 Å². The van der Waals surface area contributed by atoms with Crippen molar-refractivity contribution in [1.29, 1.82) is 0 Å². The second-order valence-electron chi connectivity index (χ2n) is 5.41. The summed E-state index contributed by atoms with van der Waals surface area (Å²) in [5.74, 6) is 0. The van der Waals surface area contributed by atoms with Gasteiger partial charge in [0.05, 0.1) is 18.2 Å². The van der Waals surface area contributed by atoms with E-state index in [-0.39, 0.29) is 0 Å². The summed E-state index contributed by atoms with van der Waals surface area (Å²) in [7, 11) is 0. The van der Waals surface area contributed by atoms with Gasteiger partial charge in [-0.05, 0) is 32.4 Å². The predicted molar refractivity (Wildman–Crippen MR) is 78.2 cm³/mol. The van der Waals surface area contributed by atoms with Crippen molar-refractivity contribution in [3.05, 3.63) is 42.4 Å². The third-order valence-electron chi connectivity index (χ3n) is 3.89. The summed E-state index contributed by atoms with van der Waals surface area (Å²) in [6.45, 7) is 4.33. The van der Waals surface area contributed by atoms with Gasteiger partial charge in [-0.25, -0.2) is 4.98 Å². The minimum absolute atomic E-state index is 0.528. The van der Waals surface area contributed by atoms with E-state index < -0.39 is 0 Å². The molecule has 0 aliphatic carbocycles. The lowest BCUT2D eigenvalue weighted by molar-refractivity contribution is 0.464. The SMILES string of the molecule is Cc1cccc(-c2cncn2C2CCCCNC2)c1. The highest BCUT2D eigenvalue weighted by atomic mass is 15.1. The average molecular weight is 255 g/mol. The highest BCUT2D eigenvalue weighted by molar-refractivity contribution is 5.60. The number of rotatable bonds is 2. The van der Waals surface area contributed by atoms with Gasteiger partial charge in [-0.3, -0.25) is 0 Å². The molecule has 1 N–H and O–H groups in total. The van der Waals surface area contributed by atoms with Gasteiger partial charge >= 0.3 is 0 Å². The number of imidazole rings is 1. The number of nitrogens with one attached hydrogen (secondary N) is 1. The molecule has 2 aromatic rings. The van der Waals surface area contributed by atoms with Gasteiger partial charge < -0.3 is 9.88 Å². The molecule has 0 saturated carbocycles. The number of hydrogen-bond acceptors (Lipinski definition) is 2. The van der Waals surface area contributed by atoms with Crippen molar-refractivity contribution < 1.29 is 0 Å². The smallest absolute Gasteiger partial charge is 0.0954 e. The van der Waals surface area contributed by atoms with E-state index in [1.807, 2.05) is 12.5 Å². The van der Waals surface area contributed by atoms with Crippen LogP contribution in [0.5, 0.6) is 0 Å². The first-order valence-electron chi connectivity index (χ1n) is 7.14. The van der Waals surface area contributed by atoms with Gasteiger partial charge in [-0.15, -0.1) is 0 Å². The van der Waals surface area contributed by atoms with Crippen LogP contribution >= 0.6 is 0 Å². The molecule has 1 aromatic heterocycles. The molecule has 1 aromatic carbocycles. The average Bonchev–Trinajstić information content (AvgIpc) is 2.75. The quantitative estimate of drug-likeness (QED) is 0.893. The number of benzene rings is 1. The van der Waals surface area contributed by atoms with Gasteiger partial charge in [0.15, 0.2) is 0 Å². The molecule has 1 fully saturated rings. The van der Waals surface area contributed by atoms with Crippen LogP contribution in [0.2, 0.25) is 0 Å². The maximum absolute atomic E-state index is 4.37. The van der Waals surface area contributed by atoms with Crippen LogP contribution in [-0.4, -0.2) is 22.6 Å². The number of nitrogens with zero attached hydrogens (tertiary/aromatic N) is 2. The minimum atomic E-state index is 0.528. The highest BCUT2D eigenvalue weighted by Crippen LogP contribution is 2.26. The maximum Gasteiger partial charge on any atom is 0.0954 e. The molecule has 0 amide bonds. The predicted octanol–water partition coefficient (Wildman–Crippen LogP) is 3.17. The van der Waals surface area contributed by atoms with Crippen LogP contribution in [0.3, 0.4) is 0 Å². The molecule has 19 heavy (non-hydrogen) atoms. The van der Waals surface area contributed by atoms with Crippen molar-refractivity contribution in [2.75, 3.05) is 13.1 Å². The molecule has 2 heterocycles. The van der Waals surface area contributed by atoms with E-state index in [2.05, 4.69) is 46.1 Å². The summed E-state index contributed by atoms with van der Waals surface area (Å²) < 4.78 is 2.34. The maximum atomic E-state index is 4.37. The molecular formula is C16H21N3. The fraction of sp³-hybridized carbons (Fsp3) is 0.438. The lowest BCUT2D eigenvalue weighted by Gasteiger charge is -2.19. The summed E-state index contributed by atoms with van der Waals surface area (Å²) in [5.41, 5.74) is 3.79. The second-order valence-corrected chi connectivity index (χ2v) is 5.41. The molecule has 1 unspecified atom stereocenters. The molecule has 0 radical (unpaired) electrons. The summed E-state index contributed by atoms with van der Waals surface area (Å²) in [4.78, 5) is 4.37. The Morgan fingerprint density at radius 1 is 1.32 bits per heavy atom. The molecule has 3 rings (SSSR count). The Hall–Kier alpha value is -1.61. The zero-order chi connectivity index (χ0) is 13.1. The first kappa shape index (κ1) is 12.4. The van der Waals surface area contributed by atoms with Crippen molar-refractivity contribution in [1.82, 2.24) is 14.9 Å². The van der Waals surface area contributed by atoms with Crippen LogP contribution in [0.1, 0.15) is 30.9 Å². The molecule has 1 saturated heterocycles. The van der Waals surface area contributed by atoms with Gasteiger partial charge in [0.2, 0.25) is 0 Å². The molecule has 3 heteroatoms. The minimum Gasteiger partial charge on any atom is -0.326 e. The Kier molecular flexibility index (Phi) is 3.65. The molecule has 1 aliphatic rings. The van der Waals surface area contributed by atoms with Crippen molar-refractivity contribution in [3.63, 3.8) is 0 Å². The molecule has 3 nitrogen and oxygen atoms in total.